The molecule has 1 aliphatic carbocycles. The van der Waals surface area contributed by atoms with Crippen molar-refractivity contribution in [2.24, 2.45) is 11.3 Å². The maximum atomic E-state index is 5.43. The maximum Gasteiger partial charge on any atom is 0.0441 e. The predicted octanol–water partition coefficient (Wildman–Crippen LogP) is 1.58. The van der Waals surface area contributed by atoms with Gasteiger partial charge in [-0.25, -0.2) is 0 Å². The lowest BCUT2D eigenvalue weighted by Gasteiger charge is -2.30. The van der Waals surface area contributed by atoms with Gasteiger partial charge in [-0.15, -0.1) is 6.58 Å². The van der Waals surface area contributed by atoms with Crippen LogP contribution in [0, 0.1) is 5.41 Å². The van der Waals surface area contributed by atoms with Gasteiger partial charge in [0.15, 0.2) is 0 Å². The first-order chi connectivity index (χ1) is 5.23. The molecule has 1 unspecified atom stereocenters. The molecule has 1 saturated carbocycles. The van der Waals surface area contributed by atoms with Gasteiger partial charge in [-0.05, 0) is 18.3 Å². The largest absolute Gasteiger partial charge is 0.271 e. The lowest BCUT2D eigenvalue weighted by atomic mass is 9.81. The van der Waals surface area contributed by atoms with E-state index in [2.05, 4.69) is 18.9 Å². The van der Waals surface area contributed by atoms with Crippen molar-refractivity contribution in [3.8, 4) is 0 Å². The molecule has 0 spiro atoms. The van der Waals surface area contributed by atoms with Crippen LogP contribution < -0.4 is 11.3 Å². The summed E-state index contributed by atoms with van der Waals surface area (Å²) in [5.41, 5.74) is 3.17. The van der Waals surface area contributed by atoms with Crippen LogP contribution in [0.15, 0.2) is 12.7 Å². The summed E-state index contributed by atoms with van der Waals surface area (Å²) in [5, 5.41) is 0. The molecule has 0 amide bonds. The van der Waals surface area contributed by atoms with Crippen molar-refractivity contribution in [3.05, 3.63) is 12.7 Å². The first-order valence-corrected chi connectivity index (χ1v) is 4.31. The fourth-order valence-corrected chi connectivity index (χ4v) is 2.05. The molecule has 0 radical (unpaired) electrons. The molecule has 1 fully saturated rings. The Morgan fingerprint density at radius 2 is 2.09 bits per heavy atom. The van der Waals surface area contributed by atoms with Gasteiger partial charge in [-0.2, -0.15) is 0 Å². The highest BCUT2D eigenvalue weighted by Crippen LogP contribution is 2.40. The Bertz CT molecular complexity index is 136. The van der Waals surface area contributed by atoms with Crippen LogP contribution >= 0.6 is 0 Å². The van der Waals surface area contributed by atoms with E-state index in [-0.39, 0.29) is 6.04 Å². The Kier molecular flexibility index (Phi) is 2.68. The average Bonchev–Trinajstić information content (AvgIpc) is 2.39. The van der Waals surface area contributed by atoms with Gasteiger partial charge in [0.2, 0.25) is 0 Å². The Morgan fingerprint density at radius 1 is 1.55 bits per heavy atom. The standard InChI is InChI=1S/C9H18N2/c1-3-8(11-10)9(2)6-4-5-7-9/h3,8,11H,1,4-7,10H2,2H3. The number of rotatable bonds is 3. The summed E-state index contributed by atoms with van der Waals surface area (Å²) in [6.45, 7) is 6.06. The van der Waals surface area contributed by atoms with Gasteiger partial charge in [-0.3, -0.25) is 11.3 Å². The van der Waals surface area contributed by atoms with Crippen molar-refractivity contribution in [2.45, 2.75) is 38.6 Å². The molecular formula is C9H18N2. The van der Waals surface area contributed by atoms with Gasteiger partial charge in [0, 0.05) is 6.04 Å². The Labute approximate surface area is 68.8 Å². The SMILES string of the molecule is C=CC(NN)C1(C)CCCC1. The van der Waals surface area contributed by atoms with Gasteiger partial charge in [0.25, 0.3) is 0 Å². The average molecular weight is 154 g/mol. The third-order valence-electron chi connectivity index (χ3n) is 2.91. The monoisotopic (exact) mass is 154 g/mol. The quantitative estimate of drug-likeness (QED) is 0.368. The van der Waals surface area contributed by atoms with Gasteiger partial charge in [-0.1, -0.05) is 25.8 Å². The summed E-state index contributed by atoms with van der Waals surface area (Å²) >= 11 is 0. The molecule has 0 saturated heterocycles. The molecule has 11 heavy (non-hydrogen) atoms. The van der Waals surface area contributed by atoms with Crippen molar-refractivity contribution in [1.82, 2.24) is 5.43 Å². The zero-order chi connectivity index (χ0) is 8.32. The van der Waals surface area contributed by atoms with E-state index in [4.69, 9.17) is 5.84 Å². The van der Waals surface area contributed by atoms with E-state index in [1.807, 2.05) is 6.08 Å². The predicted molar refractivity (Wildman–Crippen MR) is 47.9 cm³/mol. The first kappa shape index (κ1) is 8.75. The normalized spacial score (nSPS) is 24.9. The van der Waals surface area contributed by atoms with Crippen molar-refractivity contribution in [2.75, 3.05) is 0 Å². The minimum absolute atomic E-state index is 0.282. The summed E-state index contributed by atoms with van der Waals surface area (Å²) in [6.07, 6.45) is 7.14. The first-order valence-electron chi connectivity index (χ1n) is 4.31. The zero-order valence-electron chi connectivity index (χ0n) is 7.27. The van der Waals surface area contributed by atoms with Crippen LogP contribution in [0.2, 0.25) is 0 Å². The van der Waals surface area contributed by atoms with E-state index in [9.17, 15) is 0 Å². The highest BCUT2D eigenvalue weighted by atomic mass is 15.2. The van der Waals surface area contributed by atoms with E-state index in [1.54, 1.807) is 0 Å². The Morgan fingerprint density at radius 3 is 2.45 bits per heavy atom. The third-order valence-corrected chi connectivity index (χ3v) is 2.91. The molecule has 2 nitrogen and oxygen atoms in total. The highest BCUT2D eigenvalue weighted by Gasteiger charge is 2.34. The van der Waals surface area contributed by atoms with Crippen LogP contribution in [0.25, 0.3) is 0 Å². The molecule has 1 rings (SSSR count). The second-order valence-electron chi connectivity index (χ2n) is 3.74. The zero-order valence-corrected chi connectivity index (χ0v) is 7.27. The van der Waals surface area contributed by atoms with Gasteiger partial charge < -0.3 is 0 Å². The van der Waals surface area contributed by atoms with Gasteiger partial charge in [0.1, 0.15) is 0 Å². The number of hydrazine groups is 1. The third kappa shape index (κ3) is 1.63. The van der Waals surface area contributed by atoms with E-state index >= 15 is 0 Å². The second kappa shape index (κ2) is 3.37. The maximum absolute atomic E-state index is 5.43. The fraction of sp³-hybridized carbons (Fsp3) is 0.778. The van der Waals surface area contributed by atoms with Gasteiger partial charge >= 0.3 is 0 Å². The Balaban J connectivity index is 2.60. The molecule has 0 heterocycles. The summed E-state index contributed by atoms with van der Waals surface area (Å²) < 4.78 is 0. The van der Waals surface area contributed by atoms with Crippen molar-refractivity contribution < 1.29 is 0 Å². The number of hydrogen-bond acceptors (Lipinski definition) is 2. The molecule has 1 atom stereocenters. The van der Waals surface area contributed by atoms with E-state index in [0.717, 1.165) is 0 Å². The summed E-state index contributed by atoms with van der Waals surface area (Å²) in [7, 11) is 0. The van der Waals surface area contributed by atoms with Crippen molar-refractivity contribution in [3.63, 3.8) is 0 Å². The van der Waals surface area contributed by atoms with Crippen LogP contribution in [-0.4, -0.2) is 6.04 Å². The van der Waals surface area contributed by atoms with Crippen molar-refractivity contribution in [1.29, 1.82) is 0 Å². The molecule has 0 aromatic heterocycles. The fourth-order valence-electron chi connectivity index (χ4n) is 2.05. The minimum atomic E-state index is 0.282. The lowest BCUT2D eigenvalue weighted by molar-refractivity contribution is 0.261. The van der Waals surface area contributed by atoms with Crippen LogP contribution in [0.4, 0.5) is 0 Å². The van der Waals surface area contributed by atoms with Crippen LogP contribution in [0.1, 0.15) is 32.6 Å². The van der Waals surface area contributed by atoms with Crippen LogP contribution in [0.3, 0.4) is 0 Å². The molecule has 1 aliphatic rings. The molecule has 3 N–H and O–H groups in total. The summed E-state index contributed by atoms with van der Waals surface area (Å²) in [4.78, 5) is 0. The highest BCUT2D eigenvalue weighted by molar-refractivity contribution is 4.99. The number of nitrogens with one attached hydrogen (secondary N) is 1. The summed E-state index contributed by atoms with van der Waals surface area (Å²) in [5.74, 6) is 5.43. The molecule has 2 heteroatoms. The molecule has 0 bridgehead atoms. The Hall–Kier alpha value is -0.340. The summed E-state index contributed by atoms with van der Waals surface area (Å²) in [6, 6.07) is 0.282. The smallest absolute Gasteiger partial charge is 0.0441 e. The van der Waals surface area contributed by atoms with E-state index in [1.165, 1.54) is 25.7 Å². The van der Waals surface area contributed by atoms with E-state index in [0.29, 0.717) is 5.41 Å². The molecule has 0 aromatic rings. The second-order valence-corrected chi connectivity index (χ2v) is 3.74. The van der Waals surface area contributed by atoms with Crippen molar-refractivity contribution >= 4 is 0 Å². The lowest BCUT2D eigenvalue weighted by Crippen LogP contribution is -2.44. The molecule has 64 valence electrons. The number of nitrogens with two attached hydrogens (primary N) is 1. The van der Waals surface area contributed by atoms with Crippen LogP contribution in [0.5, 0.6) is 0 Å². The van der Waals surface area contributed by atoms with Gasteiger partial charge in [0.05, 0.1) is 0 Å². The number of hydrogen-bond donors (Lipinski definition) is 2. The molecule has 0 aliphatic heterocycles. The van der Waals surface area contributed by atoms with Crippen LogP contribution in [-0.2, 0) is 0 Å². The molecular weight excluding hydrogens is 136 g/mol. The molecule has 0 aromatic carbocycles. The topological polar surface area (TPSA) is 38.0 Å². The van der Waals surface area contributed by atoms with E-state index < -0.39 is 0 Å². The minimum Gasteiger partial charge on any atom is -0.271 e.